The zero-order valence-corrected chi connectivity index (χ0v) is 12.5. The van der Waals surface area contributed by atoms with Crippen LogP contribution < -0.4 is 5.32 Å². The van der Waals surface area contributed by atoms with Crippen molar-refractivity contribution in [1.29, 1.82) is 0 Å². The highest BCUT2D eigenvalue weighted by molar-refractivity contribution is 6.30. The van der Waals surface area contributed by atoms with Gasteiger partial charge in [0, 0.05) is 18.2 Å². The van der Waals surface area contributed by atoms with Crippen molar-refractivity contribution >= 4 is 11.6 Å². The summed E-state index contributed by atoms with van der Waals surface area (Å²) in [7, 11) is 0. The molecule has 1 saturated heterocycles. The standard InChI is InChI=1S/C16H22ClFN2/c17-15-3-1-2-13(16(15)18)11-20-8-6-12(7-9-20)10-19-14-4-5-14/h1-3,12,14,19H,4-11H2. The van der Waals surface area contributed by atoms with Gasteiger partial charge in [-0.1, -0.05) is 23.7 Å². The summed E-state index contributed by atoms with van der Waals surface area (Å²) in [5.74, 6) is 0.530. The lowest BCUT2D eigenvalue weighted by molar-refractivity contribution is 0.173. The number of hydrogen-bond acceptors (Lipinski definition) is 2. The van der Waals surface area contributed by atoms with Gasteiger partial charge in [-0.3, -0.25) is 4.90 Å². The highest BCUT2D eigenvalue weighted by Crippen LogP contribution is 2.24. The molecule has 3 rings (SSSR count). The summed E-state index contributed by atoms with van der Waals surface area (Å²) in [6, 6.07) is 6.07. The van der Waals surface area contributed by atoms with E-state index in [-0.39, 0.29) is 10.8 Å². The zero-order chi connectivity index (χ0) is 13.9. The minimum atomic E-state index is -0.258. The maximum absolute atomic E-state index is 13.9. The highest BCUT2D eigenvalue weighted by Gasteiger charge is 2.24. The summed E-state index contributed by atoms with van der Waals surface area (Å²) in [5, 5.41) is 3.84. The molecule has 2 aliphatic rings. The Kier molecular flexibility index (Phi) is 4.59. The van der Waals surface area contributed by atoms with E-state index < -0.39 is 0 Å². The summed E-state index contributed by atoms with van der Waals surface area (Å²) < 4.78 is 13.9. The van der Waals surface area contributed by atoms with Gasteiger partial charge in [0.1, 0.15) is 5.82 Å². The predicted molar refractivity (Wildman–Crippen MR) is 80.4 cm³/mol. The molecule has 0 unspecified atom stereocenters. The number of halogens is 2. The van der Waals surface area contributed by atoms with Crippen molar-refractivity contribution in [1.82, 2.24) is 10.2 Å². The van der Waals surface area contributed by atoms with Crippen LogP contribution in [-0.4, -0.2) is 30.6 Å². The summed E-state index contributed by atoms with van der Waals surface area (Å²) in [6.07, 6.45) is 5.13. The first-order valence-electron chi connectivity index (χ1n) is 7.61. The molecule has 0 atom stereocenters. The quantitative estimate of drug-likeness (QED) is 0.895. The van der Waals surface area contributed by atoms with E-state index in [9.17, 15) is 4.39 Å². The SMILES string of the molecule is Fc1c(Cl)cccc1CN1CCC(CNC2CC2)CC1. The Labute approximate surface area is 125 Å². The van der Waals surface area contributed by atoms with E-state index in [1.807, 2.05) is 12.1 Å². The molecule has 1 aromatic carbocycles. The smallest absolute Gasteiger partial charge is 0.146 e. The molecule has 0 aromatic heterocycles. The Bertz CT molecular complexity index is 454. The molecule has 0 radical (unpaired) electrons. The van der Waals surface area contributed by atoms with E-state index in [2.05, 4.69) is 10.2 Å². The Balaban J connectivity index is 1.46. The highest BCUT2D eigenvalue weighted by atomic mass is 35.5. The van der Waals surface area contributed by atoms with Crippen LogP contribution in [0.2, 0.25) is 5.02 Å². The minimum Gasteiger partial charge on any atom is -0.314 e. The second-order valence-electron chi connectivity index (χ2n) is 6.11. The van der Waals surface area contributed by atoms with Crippen LogP contribution >= 0.6 is 11.6 Å². The van der Waals surface area contributed by atoms with Gasteiger partial charge in [-0.15, -0.1) is 0 Å². The van der Waals surface area contributed by atoms with Crippen LogP contribution in [0.1, 0.15) is 31.2 Å². The number of benzene rings is 1. The molecular weight excluding hydrogens is 275 g/mol. The Morgan fingerprint density at radius 3 is 2.65 bits per heavy atom. The summed E-state index contributed by atoms with van der Waals surface area (Å²) in [6.45, 7) is 3.95. The third-order valence-electron chi connectivity index (χ3n) is 4.41. The van der Waals surface area contributed by atoms with Gasteiger partial charge in [-0.25, -0.2) is 4.39 Å². The third-order valence-corrected chi connectivity index (χ3v) is 4.70. The van der Waals surface area contributed by atoms with Gasteiger partial charge in [0.15, 0.2) is 0 Å². The average molecular weight is 297 g/mol. The van der Waals surface area contributed by atoms with Crippen LogP contribution in [-0.2, 0) is 6.54 Å². The molecule has 0 bridgehead atoms. The van der Waals surface area contributed by atoms with Gasteiger partial charge in [0.25, 0.3) is 0 Å². The van der Waals surface area contributed by atoms with E-state index in [0.717, 1.165) is 31.6 Å². The normalized spacial score (nSPS) is 21.3. The van der Waals surface area contributed by atoms with Gasteiger partial charge in [-0.05, 0) is 57.3 Å². The van der Waals surface area contributed by atoms with E-state index >= 15 is 0 Å². The van der Waals surface area contributed by atoms with Crippen LogP contribution in [0.5, 0.6) is 0 Å². The Morgan fingerprint density at radius 1 is 1.20 bits per heavy atom. The number of nitrogens with zero attached hydrogens (tertiary/aromatic N) is 1. The van der Waals surface area contributed by atoms with Gasteiger partial charge < -0.3 is 5.32 Å². The monoisotopic (exact) mass is 296 g/mol. The molecule has 0 amide bonds. The largest absolute Gasteiger partial charge is 0.314 e. The fourth-order valence-electron chi connectivity index (χ4n) is 2.88. The number of piperidine rings is 1. The molecule has 1 aliphatic heterocycles. The second kappa shape index (κ2) is 6.42. The molecule has 0 spiro atoms. The van der Waals surface area contributed by atoms with E-state index in [1.165, 1.54) is 25.7 Å². The molecule has 1 saturated carbocycles. The van der Waals surface area contributed by atoms with Crippen LogP contribution in [0.25, 0.3) is 0 Å². The molecule has 1 aliphatic carbocycles. The summed E-state index contributed by atoms with van der Waals surface area (Å²) in [5.41, 5.74) is 0.715. The van der Waals surface area contributed by atoms with Crippen LogP contribution in [0.4, 0.5) is 4.39 Å². The fourth-order valence-corrected chi connectivity index (χ4v) is 3.08. The first-order chi connectivity index (χ1) is 9.72. The van der Waals surface area contributed by atoms with Crippen molar-refractivity contribution in [3.05, 3.63) is 34.6 Å². The van der Waals surface area contributed by atoms with Gasteiger partial charge in [0.05, 0.1) is 5.02 Å². The molecule has 110 valence electrons. The fraction of sp³-hybridized carbons (Fsp3) is 0.625. The van der Waals surface area contributed by atoms with Crippen LogP contribution in [0.15, 0.2) is 18.2 Å². The van der Waals surface area contributed by atoms with Crippen molar-refractivity contribution in [3.63, 3.8) is 0 Å². The first-order valence-corrected chi connectivity index (χ1v) is 7.99. The molecular formula is C16H22ClFN2. The van der Waals surface area contributed by atoms with Crippen molar-refractivity contribution in [3.8, 4) is 0 Å². The van der Waals surface area contributed by atoms with Gasteiger partial charge in [0.2, 0.25) is 0 Å². The maximum atomic E-state index is 13.9. The van der Waals surface area contributed by atoms with Gasteiger partial charge >= 0.3 is 0 Å². The van der Waals surface area contributed by atoms with Crippen molar-refractivity contribution < 1.29 is 4.39 Å². The molecule has 2 nitrogen and oxygen atoms in total. The lowest BCUT2D eigenvalue weighted by Gasteiger charge is -2.32. The number of likely N-dealkylation sites (tertiary alicyclic amines) is 1. The molecule has 1 aromatic rings. The van der Waals surface area contributed by atoms with Crippen LogP contribution in [0, 0.1) is 11.7 Å². The number of rotatable bonds is 5. The van der Waals surface area contributed by atoms with Gasteiger partial charge in [-0.2, -0.15) is 0 Å². The molecule has 1 heterocycles. The third kappa shape index (κ3) is 3.72. The molecule has 20 heavy (non-hydrogen) atoms. The Morgan fingerprint density at radius 2 is 1.95 bits per heavy atom. The second-order valence-corrected chi connectivity index (χ2v) is 6.52. The van der Waals surface area contributed by atoms with Crippen molar-refractivity contribution in [2.24, 2.45) is 5.92 Å². The van der Waals surface area contributed by atoms with E-state index in [1.54, 1.807) is 6.07 Å². The maximum Gasteiger partial charge on any atom is 0.146 e. The van der Waals surface area contributed by atoms with Crippen molar-refractivity contribution in [2.45, 2.75) is 38.3 Å². The lowest BCUT2D eigenvalue weighted by atomic mass is 9.96. The molecule has 4 heteroatoms. The Hall–Kier alpha value is -0.640. The van der Waals surface area contributed by atoms with Crippen molar-refractivity contribution in [2.75, 3.05) is 19.6 Å². The average Bonchev–Trinajstić information content (AvgIpc) is 3.27. The topological polar surface area (TPSA) is 15.3 Å². The molecule has 1 N–H and O–H groups in total. The minimum absolute atomic E-state index is 0.228. The van der Waals surface area contributed by atoms with Crippen LogP contribution in [0.3, 0.4) is 0 Å². The zero-order valence-electron chi connectivity index (χ0n) is 11.7. The first kappa shape index (κ1) is 14.3. The summed E-state index contributed by atoms with van der Waals surface area (Å²) >= 11 is 5.83. The number of nitrogens with one attached hydrogen (secondary N) is 1. The van der Waals surface area contributed by atoms with E-state index in [0.29, 0.717) is 12.1 Å². The lowest BCUT2D eigenvalue weighted by Crippen LogP contribution is -2.37. The van der Waals surface area contributed by atoms with E-state index in [4.69, 9.17) is 11.6 Å². The summed E-state index contributed by atoms with van der Waals surface area (Å²) in [4.78, 5) is 2.34. The number of hydrogen-bond donors (Lipinski definition) is 1. The predicted octanol–water partition coefficient (Wildman–Crippen LogP) is 3.44. The molecule has 2 fully saturated rings.